The zero-order valence-corrected chi connectivity index (χ0v) is 19.2. The van der Waals surface area contributed by atoms with Crippen LogP contribution in [-0.2, 0) is 19.4 Å². The van der Waals surface area contributed by atoms with Gasteiger partial charge in [0, 0.05) is 18.1 Å². The molecule has 1 unspecified atom stereocenters. The van der Waals surface area contributed by atoms with Crippen LogP contribution >= 0.6 is 22.9 Å². The predicted molar refractivity (Wildman–Crippen MR) is 121 cm³/mol. The number of sulfone groups is 1. The van der Waals surface area contributed by atoms with Crippen molar-refractivity contribution in [3.05, 3.63) is 45.9 Å². The predicted octanol–water partition coefficient (Wildman–Crippen LogP) is 4.67. The van der Waals surface area contributed by atoms with E-state index in [-0.39, 0.29) is 23.0 Å². The van der Waals surface area contributed by atoms with Crippen molar-refractivity contribution in [1.82, 2.24) is 4.98 Å². The Bertz CT molecular complexity index is 1140. The van der Waals surface area contributed by atoms with Crippen molar-refractivity contribution in [3.8, 4) is 0 Å². The Morgan fingerprint density at radius 3 is 2.65 bits per heavy atom. The van der Waals surface area contributed by atoms with Crippen LogP contribution in [0.1, 0.15) is 49.1 Å². The second-order valence-electron chi connectivity index (χ2n) is 8.40. The number of anilines is 1. The lowest BCUT2D eigenvalue weighted by Crippen LogP contribution is -2.16. The van der Waals surface area contributed by atoms with E-state index in [0.29, 0.717) is 33.2 Å². The normalized spacial score (nSPS) is 22.0. The Kier molecular flexibility index (Phi) is 5.66. The van der Waals surface area contributed by atoms with Gasteiger partial charge in [0.15, 0.2) is 15.0 Å². The zero-order valence-electron chi connectivity index (χ0n) is 16.8. The maximum absolute atomic E-state index is 13.2. The fourth-order valence-corrected chi connectivity index (χ4v) is 6.68. The lowest BCUT2D eigenvalue weighted by Gasteiger charge is -2.15. The highest BCUT2D eigenvalue weighted by atomic mass is 35.5. The average Bonchev–Trinajstić information content (AvgIpc) is 3.67. The van der Waals surface area contributed by atoms with E-state index in [1.807, 2.05) is 12.1 Å². The summed E-state index contributed by atoms with van der Waals surface area (Å²) in [5.41, 5.74) is 2.09. The molecule has 3 aliphatic rings. The first kappa shape index (κ1) is 21.1. The third-order valence-corrected chi connectivity index (χ3v) is 9.28. The minimum absolute atomic E-state index is 0.139. The van der Waals surface area contributed by atoms with Crippen LogP contribution in [0, 0.1) is 5.92 Å². The van der Waals surface area contributed by atoms with Gasteiger partial charge in [-0.15, -0.1) is 0 Å². The summed E-state index contributed by atoms with van der Waals surface area (Å²) in [6.45, 7) is 1.24. The highest BCUT2D eigenvalue weighted by molar-refractivity contribution is 7.92. The molecule has 1 atom stereocenters. The maximum atomic E-state index is 13.2. The van der Waals surface area contributed by atoms with Crippen LogP contribution in [-0.4, -0.2) is 37.8 Å². The lowest BCUT2D eigenvalue weighted by molar-refractivity contribution is -0.111. The Labute approximate surface area is 190 Å². The summed E-state index contributed by atoms with van der Waals surface area (Å²) in [4.78, 5) is 17.7. The Hall–Kier alpha value is -1.74. The first-order chi connectivity index (χ1) is 14.9. The lowest BCUT2D eigenvalue weighted by atomic mass is 9.96. The molecule has 6 nitrogen and oxygen atoms in total. The van der Waals surface area contributed by atoms with Crippen molar-refractivity contribution in [2.45, 2.75) is 48.2 Å². The van der Waals surface area contributed by atoms with Crippen molar-refractivity contribution >= 4 is 49.4 Å². The van der Waals surface area contributed by atoms with E-state index in [1.165, 1.54) is 17.5 Å². The summed E-state index contributed by atoms with van der Waals surface area (Å²) in [6.07, 6.45) is 7.73. The Morgan fingerprint density at radius 2 is 2.03 bits per heavy atom. The minimum atomic E-state index is -3.30. The topological polar surface area (TPSA) is 85.4 Å². The number of halogens is 1. The van der Waals surface area contributed by atoms with Gasteiger partial charge in [-0.2, -0.15) is 0 Å². The van der Waals surface area contributed by atoms with Gasteiger partial charge in [0.2, 0.25) is 0 Å². The second kappa shape index (κ2) is 8.31. The van der Waals surface area contributed by atoms with Gasteiger partial charge in [-0.3, -0.25) is 10.1 Å². The van der Waals surface area contributed by atoms with Crippen molar-refractivity contribution in [2.24, 2.45) is 5.92 Å². The monoisotopic (exact) mass is 478 g/mol. The molecule has 1 amide bonds. The molecular formula is C22H23ClN2O4S2. The third kappa shape index (κ3) is 4.58. The largest absolute Gasteiger partial charge is 0.381 e. The van der Waals surface area contributed by atoms with Crippen LogP contribution < -0.4 is 5.32 Å². The van der Waals surface area contributed by atoms with E-state index in [9.17, 15) is 13.2 Å². The molecule has 2 saturated carbocycles. The van der Waals surface area contributed by atoms with E-state index in [1.54, 1.807) is 12.1 Å². The summed E-state index contributed by atoms with van der Waals surface area (Å²) in [6, 6.07) is 5.36. The van der Waals surface area contributed by atoms with Crippen molar-refractivity contribution in [1.29, 1.82) is 0 Å². The number of hydrogen-bond donors (Lipinski definition) is 1. The molecule has 164 valence electrons. The molecular weight excluding hydrogens is 456 g/mol. The molecule has 2 aromatic rings. The molecule has 3 fully saturated rings. The number of hydrogen-bond acceptors (Lipinski definition) is 6. The molecule has 1 aromatic carbocycles. The third-order valence-electron chi connectivity index (χ3n) is 5.92. The number of benzene rings is 1. The number of nitrogens with one attached hydrogen (secondary N) is 1. The maximum Gasteiger partial charge on any atom is 0.257 e. The van der Waals surface area contributed by atoms with Crippen LogP contribution in [0.5, 0.6) is 0 Å². The molecule has 0 radical (unpaired) electrons. The van der Waals surface area contributed by atoms with E-state index < -0.39 is 9.84 Å². The summed E-state index contributed by atoms with van der Waals surface area (Å²) < 4.78 is 31.9. The van der Waals surface area contributed by atoms with Gasteiger partial charge in [0.25, 0.3) is 5.91 Å². The minimum Gasteiger partial charge on any atom is -0.381 e. The first-order valence-electron chi connectivity index (χ1n) is 10.5. The summed E-state index contributed by atoms with van der Waals surface area (Å²) >= 11 is 7.14. The molecule has 1 aromatic heterocycles. The Balaban J connectivity index is 1.52. The number of carbonyl (C=O) groups excluding carboxylic acids is 1. The van der Waals surface area contributed by atoms with Gasteiger partial charge in [-0.25, -0.2) is 13.4 Å². The van der Waals surface area contributed by atoms with Crippen LogP contribution in [0.15, 0.2) is 35.4 Å². The van der Waals surface area contributed by atoms with E-state index in [2.05, 4.69) is 10.3 Å². The fraction of sp³-hybridized carbons (Fsp3) is 0.455. The molecule has 5 rings (SSSR count). The molecule has 0 spiro atoms. The number of carbonyl (C=O) groups is 1. The zero-order chi connectivity index (χ0) is 21.6. The van der Waals surface area contributed by atoms with Crippen LogP contribution in [0.25, 0.3) is 5.57 Å². The van der Waals surface area contributed by atoms with Gasteiger partial charge in [-0.1, -0.05) is 35.1 Å². The molecule has 9 heteroatoms. The second-order valence-corrected chi connectivity index (χ2v) is 12.3. The first-order valence-corrected chi connectivity index (χ1v) is 13.3. The quantitative estimate of drug-likeness (QED) is 0.584. The summed E-state index contributed by atoms with van der Waals surface area (Å²) in [5, 5.41) is 3.01. The number of rotatable bonds is 7. The number of amides is 1. The molecule has 2 heterocycles. The van der Waals surface area contributed by atoms with Gasteiger partial charge < -0.3 is 4.74 Å². The van der Waals surface area contributed by atoms with Crippen molar-refractivity contribution in [2.75, 3.05) is 18.5 Å². The standard InChI is InChI=1S/C22H23ClN2O4S2/c23-20-11-24-22(30-20)25-21(26)18(9-13-7-8-29-12-13)15-3-6-19(17(10-15)14-1-2-14)31(27,28)16-4-5-16/h3,6,9-11,13-14,16H,1-2,4-5,7-8,12H2,(H,24,25,26)/b18-9+. The van der Waals surface area contributed by atoms with Crippen LogP contribution in [0.2, 0.25) is 4.34 Å². The summed E-state index contributed by atoms with van der Waals surface area (Å²) in [5.74, 6) is 0.109. The number of aromatic nitrogens is 1. The highest BCUT2D eigenvalue weighted by Crippen LogP contribution is 2.46. The van der Waals surface area contributed by atoms with Crippen molar-refractivity contribution in [3.63, 3.8) is 0 Å². The SMILES string of the molecule is O=C(Nc1ncc(Cl)s1)/C(=C/C1CCOC1)c1ccc(S(=O)(=O)C2CC2)c(C2CC2)c1. The number of ether oxygens (including phenoxy) is 1. The van der Waals surface area contributed by atoms with E-state index >= 15 is 0 Å². The molecule has 0 bridgehead atoms. The molecule has 2 aliphatic carbocycles. The Morgan fingerprint density at radius 1 is 1.23 bits per heavy atom. The number of thiazole rings is 1. The van der Waals surface area contributed by atoms with Crippen molar-refractivity contribution < 1.29 is 17.9 Å². The molecule has 1 N–H and O–H groups in total. The molecule has 1 aliphatic heterocycles. The van der Waals surface area contributed by atoms with E-state index in [4.69, 9.17) is 16.3 Å². The highest BCUT2D eigenvalue weighted by Gasteiger charge is 2.40. The smallest absolute Gasteiger partial charge is 0.257 e. The fourth-order valence-electron chi connectivity index (χ4n) is 3.95. The number of nitrogens with zero attached hydrogens (tertiary/aromatic N) is 1. The van der Waals surface area contributed by atoms with Gasteiger partial charge in [0.1, 0.15) is 4.34 Å². The van der Waals surface area contributed by atoms with Crippen LogP contribution in [0.4, 0.5) is 5.13 Å². The molecule has 1 saturated heterocycles. The molecule has 31 heavy (non-hydrogen) atoms. The van der Waals surface area contributed by atoms with Gasteiger partial charge in [-0.05, 0) is 61.3 Å². The van der Waals surface area contributed by atoms with Gasteiger partial charge >= 0.3 is 0 Å². The summed E-state index contributed by atoms with van der Waals surface area (Å²) in [7, 11) is -3.30. The van der Waals surface area contributed by atoms with Crippen LogP contribution in [0.3, 0.4) is 0 Å². The van der Waals surface area contributed by atoms with E-state index in [0.717, 1.165) is 43.2 Å². The average molecular weight is 479 g/mol. The van der Waals surface area contributed by atoms with Gasteiger partial charge in [0.05, 0.1) is 22.9 Å².